The van der Waals surface area contributed by atoms with Crippen LogP contribution in [0, 0.1) is 0 Å². The van der Waals surface area contributed by atoms with E-state index in [0.717, 1.165) is 38.5 Å². The number of fused-ring (bicyclic) bond motifs is 2. The third-order valence-corrected chi connectivity index (χ3v) is 6.06. The number of carbonyl (C=O) groups excluding carboxylic acids is 1. The fraction of sp³-hybridized carbons (Fsp3) is 0.0435. The molecule has 146 valence electrons. The Hall–Kier alpha value is -3.71. The molecule has 0 aliphatic rings. The molecule has 0 fully saturated rings. The summed E-state index contributed by atoms with van der Waals surface area (Å²) in [7, 11) is 0. The molecule has 0 saturated heterocycles. The smallest absolute Gasteiger partial charge is 0.252 e. The quantitative estimate of drug-likeness (QED) is 0.413. The van der Waals surface area contributed by atoms with Crippen LogP contribution in [0.4, 0.5) is 0 Å². The van der Waals surface area contributed by atoms with Crippen molar-refractivity contribution in [3.05, 3.63) is 84.3 Å². The van der Waals surface area contributed by atoms with Crippen LogP contribution in [0.1, 0.15) is 15.9 Å². The van der Waals surface area contributed by atoms with Crippen LogP contribution in [0.5, 0.6) is 0 Å². The summed E-state index contributed by atoms with van der Waals surface area (Å²) >= 11 is 1.50. The molecule has 7 heteroatoms. The van der Waals surface area contributed by atoms with Crippen LogP contribution in [-0.4, -0.2) is 26.1 Å². The van der Waals surface area contributed by atoms with Crippen molar-refractivity contribution in [1.29, 1.82) is 0 Å². The number of hydrogen-bond donors (Lipinski definition) is 2. The fourth-order valence-corrected chi connectivity index (χ4v) is 4.60. The molecule has 5 aromatic rings. The van der Waals surface area contributed by atoms with Crippen LogP contribution in [-0.2, 0) is 5.75 Å². The van der Waals surface area contributed by atoms with Gasteiger partial charge in [0.05, 0.1) is 22.8 Å². The van der Waals surface area contributed by atoms with Crippen molar-refractivity contribution in [3.8, 4) is 11.1 Å². The molecule has 0 aliphatic heterocycles. The number of amides is 1. The van der Waals surface area contributed by atoms with Gasteiger partial charge in [0.1, 0.15) is 5.03 Å². The van der Waals surface area contributed by atoms with Gasteiger partial charge in [0.2, 0.25) is 0 Å². The Kier molecular flexibility index (Phi) is 4.65. The summed E-state index contributed by atoms with van der Waals surface area (Å²) in [6.45, 7) is 0. The van der Waals surface area contributed by atoms with Gasteiger partial charge in [0.25, 0.3) is 5.91 Å². The molecule has 2 aromatic carbocycles. The zero-order chi connectivity index (χ0) is 20.5. The highest BCUT2D eigenvalue weighted by molar-refractivity contribution is 7.98. The molecule has 0 bridgehead atoms. The lowest BCUT2D eigenvalue weighted by Crippen LogP contribution is -2.14. The minimum absolute atomic E-state index is 0.430. The molecule has 6 nitrogen and oxygen atoms in total. The van der Waals surface area contributed by atoms with Crippen LogP contribution in [0.15, 0.2) is 78.2 Å². The van der Waals surface area contributed by atoms with Crippen LogP contribution < -0.4 is 5.73 Å². The number of H-pyrrole nitrogens is 1. The van der Waals surface area contributed by atoms with Gasteiger partial charge < -0.3 is 5.73 Å². The first-order valence-corrected chi connectivity index (χ1v) is 10.4. The Labute approximate surface area is 176 Å². The monoisotopic (exact) mass is 411 g/mol. The SMILES string of the molecule is NC(=O)c1c(-c2ccc3cn[nH]c3c2)ccnc1SCc1ccnc2ccccc12. The van der Waals surface area contributed by atoms with Gasteiger partial charge in [-0.3, -0.25) is 14.9 Å². The molecular weight excluding hydrogens is 394 g/mol. The molecule has 3 N–H and O–H groups in total. The molecule has 5 rings (SSSR count). The van der Waals surface area contributed by atoms with E-state index < -0.39 is 5.91 Å². The number of hydrogen-bond acceptors (Lipinski definition) is 5. The summed E-state index contributed by atoms with van der Waals surface area (Å²) in [6, 6.07) is 17.7. The Morgan fingerprint density at radius 3 is 2.80 bits per heavy atom. The van der Waals surface area contributed by atoms with Gasteiger partial charge >= 0.3 is 0 Å². The second-order valence-electron chi connectivity index (χ2n) is 6.85. The van der Waals surface area contributed by atoms with Crippen molar-refractivity contribution in [3.63, 3.8) is 0 Å². The largest absolute Gasteiger partial charge is 0.365 e. The topological polar surface area (TPSA) is 97.6 Å². The number of primary amides is 1. The first-order valence-electron chi connectivity index (χ1n) is 9.38. The van der Waals surface area contributed by atoms with E-state index in [9.17, 15) is 4.79 Å². The van der Waals surface area contributed by atoms with Crippen molar-refractivity contribution in [2.75, 3.05) is 0 Å². The normalized spacial score (nSPS) is 11.2. The predicted molar refractivity (Wildman–Crippen MR) is 119 cm³/mol. The lowest BCUT2D eigenvalue weighted by atomic mass is 10.0. The molecule has 30 heavy (non-hydrogen) atoms. The Morgan fingerprint density at radius 2 is 1.90 bits per heavy atom. The van der Waals surface area contributed by atoms with Gasteiger partial charge in [-0.15, -0.1) is 11.8 Å². The van der Waals surface area contributed by atoms with E-state index in [1.165, 1.54) is 11.8 Å². The molecule has 0 spiro atoms. The minimum Gasteiger partial charge on any atom is -0.365 e. The Morgan fingerprint density at radius 1 is 1.03 bits per heavy atom. The highest BCUT2D eigenvalue weighted by Gasteiger charge is 2.18. The van der Waals surface area contributed by atoms with Crippen molar-refractivity contribution in [1.82, 2.24) is 20.2 Å². The maximum absolute atomic E-state index is 12.4. The van der Waals surface area contributed by atoms with E-state index in [-0.39, 0.29) is 0 Å². The summed E-state index contributed by atoms with van der Waals surface area (Å²) in [4.78, 5) is 21.3. The number of nitrogens with one attached hydrogen (secondary N) is 1. The molecule has 0 unspecified atom stereocenters. The van der Waals surface area contributed by atoms with Crippen LogP contribution in [0.25, 0.3) is 32.9 Å². The number of aromatic nitrogens is 4. The molecule has 0 aliphatic carbocycles. The number of para-hydroxylation sites is 1. The minimum atomic E-state index is -0.495. The number of pyridine rings is 2. The zero-order valence-corrected chi connectivity index (χ0v) is 16.7. The van der Waals surface area contributed by atoms with Gasteiger partial charge in [0, 0.05) is 28.9 Å². The van der Waals surface area contributed by atoms with Gasteiger partial charge in [-0.25, -0.2) is 4.98 Å². The first kappa shape index (κ1) is 18.3. The molecule has 3 aromatic heterocycles. The number of carbonyl (C=O) groups is 1. The van der Waals surface area contributed by atoms with Crippen LogP contribution >= 0.6 is 11.8 Å². The van der Waals surface area contributed by atoms with Gasteiger partial charge in [-0.05, 0) is 41.0 Å². The number of rotatable bonds is 5. The summed E-state index contributed by atoms with van der Waals surface area (Å²) in [6.07, 6.45) is 5.28. The lowest BCUT2D eigenvalue weighted by Gasteiger charge is -2.12. The Bertz CT molecular complexity index is 1390. The van der Waals surface area contributed by atoms with Gasteiger partial charge in [-0.1, -0.05) is 30.3 Å². The Balaban J connectivity index is 1.54. The van der Waals surface area contributed by atoms with Crippen LogP contribution in [0.2, 0.25) is 0 Å². The van der Waals surface area contributed by atoms with Gasteiger partial charge in [-0.2, -0.15) is 5.10 Å². The molecule has 0 saturated carbocycles. The fourth-order valence-electron chi connectivity index (χ4n) is 3.56. The summed E-state index contributed by atoms with van der Waals surface area (Å²) in [5, 5.41) is 9.74. The maximum Gasteiger partial charge on any atom is 0.252 e. The second kappa shape index (κ2) is 7.61. The second-order valence-corrected chi connectivity index (χ2v) is 7.81. The summed E-state index contributed by atoms with van der Waals surface area (Å²) < 4.78 is 0. The number of aromatic amines is 1. The van der Waals surface area contributed by atoms with E-state index in [4.69, 9.17) is 5.73 Å². The van der Waals surface area contributed by atoms with E-state index >= 15 is 0 Å². The van der Waals surface area contributed by atoms with Crippen molar-refractivity contribution < 1.29 is 4.79 Å². The average molecular weight is 411 g/mol. The number of nitrogens with zero attached hydrogens (tertiary/aromatic N) is 3. The number of benzene rings is 2. The highest BCUT2D eigenvalue weighted by Crippen LogP contribution is 2.33. The van der Waals surface area contributed by atoms with E-state index in [1.54, 1.807) is 18.6 Å². The molecule has 1 amide bonds. The maximum atomic E-state index is 12.4. The number of nitrogens with two attached hydrogens (primary N) is 1. The lowest BCUT2D eigenvalue weighted by molar-refractivity contribution is 0.0997. The van der Waals surface area contributed by atoms with Crippen molar-refractivity contribution >= 4 is 39.5 Å². The van der Waals surface area contributed by atoms with E-state index in [0.29, 0.717) is 16.3 Å². The predicted octanol–water partition coefficient (Wildman–Crippen LogP) is 4.56. The van der Waals surface area contributed by atoms with Gasteiger partial charge in [0.15, 0.2) is 0 Å². The molecular formula is C23H17N5OS. The van der Waals surface area contributed by atoms with E-state index in [1.807, 2.05) is 48.5 Å². The summed E-state index contributed by atoms with van der Waals surface area (Å²) in [5.74, 6) is 0.157. The molecule has 0 atom stereocenters. The third-order valence-electron chi connectivity index (χ3n) is 5.02. The van der Waals surface area contributed by atoms with Crippen molar-refractivity contribution in [2.24, 2.45) is 5.73 Å². The zero-order valence-electron chi connectivity index (χ0n) is 15.9. The average Bonchev–Trinajstić information content (AvgIpc) is 3.25. The van der Waals surface area contributed by atoms with Crippen molar-refractivity contribution in [2.45, 2.75) is 10.8 Å². The van der Waals surface area contributed by atoms with E-state index in [2.05, 4.69) is 26.2 Å². The first-order chi connectivity index (χ1) is 14.7. The number of thioether (sulfide) groups is 1. The van der Waals surface area contributed by atoms with Crippen LogP contribution in [0.3, 0.4) is 0 Å². The standard InChI is InChI=1S/C23H17N5OS/c24-22(29)21-18(14-5-6-15-12-27-28-20(15)11-14)8-10-26-23(21)30-13-16-7-9-25-19-4-2-1-3-17(16)19/h1-12H,13H2,(H2,24,29)(H,27,28). The molecule has 0 radical (unpaired) electrons. The third kappa shape index (κ3) is 3.29. The molecule has 3 heterocycles. The summed E-state index contributed by atoms with van der Waals surface area (Å²) in [5.41, 5.74) is 10.8. The highest BCUT2D eigenvalue weighted by atomic mass is 32.2.